The average molecular weight is 116 g/mol. The van der Waals surface area contributed by atoms with Gasteiger partial charge in [0.1, 0.15) is 6.61 Å². The summed E-state index contributed by atoms with van der Waals surface area (Å²) < 4.78 is 8.72. The lowest BCUT2D eigenvalue weighted by molar-refractivity contribution is -0.142. The van der Waals surface area contributed by atoms with Crippen LogP contribution in [-0.2, 0) is 14.3 Å². The molecule has 0 spiro atoms. The lowest BCUT2D eigenvalue weighted by atomic mass is 10.7. The molecule has 0 aliphatic carbocycles. The molecule has 0 bridgehead atoms. The first-order chi connectivity index (χ1) is 3.81. The SMILES string of the molecule is C=COC(=O)COC. The monoisotopic (exact) mass is 116 g/mol. The van der Waals surface area contributed by atoms with Crippen LogP contribution < -0.4 is 0 Å². The third-order valence-corrected chi connectivity index (χ3v) is 0.477. The summed E-state index contributed by atoms with van der Waals surface area (Å²) in [4.78, 5) is 10.2. The molecule has 0 amide bonds. The normalized spacial score (nSPS) is 8.12. The molecule has 0 heterocycles. The van der Waals surface area contributed by atoms with Gasteiger partial charge in [-0.15, -0.1) is 0 Å². The molecule has 8 heavy (non-hydrogen) atoms. The van der Waals surface area contributed by atoms with Gasteiger partial charge in [0.25, 0.3) is 0 Å². The van der Waals surface area contributed by atoms with Crippen LogP contribution in [0.15, 0.2) is 12.8 Å². The quantitative estimate of drug-likeness (QED) is 0.393. The Kier molecular flexibility index (Phi) is 3.88. The van der Waals surface area contributed by atoms with Crippen molar-refractivity contribution in [3.05, 3.63) is 12.8 Å². The van der Waals surface area contributed by atoms with Crippen LogP contribution in [0.3, 0.4) is 0 Å². The van der Waals surface area contributed by atoms with Crippen LogP contribution in [0.5, 0.6) is 0 Å². The van der Waals surface area contributed by atoms with E-state index in [1.165, 1.54) is 7.11 Å². The summed E-state index contributed by atoms with van der Waals surface area (Å²) in [5.41, 5.74) is 0. The number of ether oxygens (including phenoxy) is 2. The number of esters is 1. The van der Waals surface area contributed by atoms with E-state index >= 15 is 0 Å². The van der Waals surface area contributed by atoms with E-state index in [4.69, 9.17) is 0 Å². The maximum atomic E-state index is 10.2. The molecule has 3 nitrogen and oxygen atoms in total. The fraction of sp³-hybridized carbons (Fsp3) is 0.400. The van der Waals surface area contributed by atoms with Gasteiger partial charge in [0.2, 0.25) is 0 Å². The summed E-state index contributed by atoms with van der Waals surface area (Å²) in [5.74, 6) is -0.428. The lowest BCUT2D eigenvalue weighted by Crippen LogP contribution is -2.06. The Hall–Kier alpha value is -0.830. The van der Waals surface area contributed by atoms with Gasteiger partial charge in [-0.2, -0.15) is 0 Å². The maximum absolute atomic E-state index is 10.2. The van der Waals surface area contributed by atoms with Gasteiger partial charge in [0.15, 0.2) is 0 Å². The van der Waals surface area contributed by atoms with E-state index in [0.717, 1.165) is 6.26 Å². The Labute approximate surface area is 47.9 Å². The van der Waals surface area contributed by atoms with Gasteiger partial charge in [0.05, 0.1) is 6.26 Å². The van der Waals surface area contributed by atoms with Crippen molar-refractivity contribution < 1.29 is 14.3 Å². The fourth-order valence-corrected chi connectivity index (χ4v) is 0.245. The van der Waals surface area contributed by atoms with Gasteiger partial charge in [-0.3, -0.25) is 0 Å². The minimum absolute atomic E-state index is 0.0218. The van der Waals surface area contributed by atoms with Crippen LogP contribution in [0.1, 0.15) is 0 Å². The number of hydrogen-bond acceptors (Lipinski definition) is 3. The van der Waals surface area contributed by atoms with Crippen LogP contribution in [0.25, 0.3) is 0 Å². The van der Waals surface area contributed by atoms with Crippen molar-refractivity contribution in [3.8, 4) is 0 Å². The lowest BCUT2D eigenvalue weighted by Gasteiger charge is -1.93. The molecule has 0 unspecified atom stereocenters. The Balaban J connectivity index is 3.18. The molecule has 0 aromatic carbocycles. The van der Waals surface area contributed by atoms with Crippen molar-refractivity contribution in [1.29, 1.82) is 0 Å². The molecular weight excluding hydrogens is 108 g/mol. The molecule has 0 aliphatic rings. The second kappa shape index (κ2) is 4.33. The maximum Gasteiger partial charge on any atom is 0.336 e. The van der Waals surface area contributed by atoms with E-state index in [-0.39, 0.29) is 6.61 Å². The third-order valence-electron chi connectivity index (χ3n) is 0.477. The Morgan fingerprint density at radius 1 is 1.88 bits per heavy atom. The zero-order valence-corrected chi connectivity index (χ0v) is 4.72. The summed E-state index contributed by atoms with van der Waals surface area (Å²) in [6.45, 7) is 3.16. The molecule has 0 aliphatic heterocycles. The standard InChI is InChI=1S/C5H8O3/c1-3-8-5(6)4-7-2/h3H,1,4H2,2H3. The van der Waals surface area contributed by atoms with Crippen molar-refractivity contribution in [2.75, 3.05) is 13.7 Å². The first-order valence-corrected chi connectivity index (χ1v) is 2.10. The van der Waals surface area contributed by atoms with Crippen LogP contribution in [0, 0.1) is 0 Å². The summed E-state index contributed by atoms with van der Waals surface area (Å²) in [7, 11) is 1.42. The average Bonchev–Trinajstić information content (AvgIpc) is 1.68. The summed E-state index contributed by atoms with van der Waals surface area (Å²) >= 11 is 0. The highest BCUT2D eigenvalue weighted by atomic mass is 16.6. The van der Waals surface area contributed by atoms with E-state index in [9.17, 15) is 4.79 Å². The fourth-order valence-electron chi connectivity index (χ4n) is 0.245. The largest absolute Gasteiger partial charge is 0.433 e. The van der Waals surface area contributed by atoms with E-state index in [0.29, 0.717) is 0 Å². The number of methoxy groups -OCH3 is 1. The van der Waals surface area contributed by atoms with Crippen molar-refractivity contribution >= 4 is 5.97 Å². The molecule has 0 saturated heterocycles. The van der Waals surface area contributed by atoms with E-state index in [2.05, 4.69) is 16.1 Å². The van der Waals surface area contributed by atoms with Crippen LogP contribution >= 0.6 is 0 Å². The summed E-state index contributed by atoms with van der Waals surface area (Å²) in [6, 6.07) is 0. The van der Waals surface area contributed by atoms with Gasteiger partial charge in [-0.05, 0) is 0 Å². The van der Waals surface area contributed by atoms with Gasteiger partial charge in [-0.25, -0.2) is 4.79 Å². The molecule has 0 atom stereocenters. The molecule has 3 heteroatoms. The Morgan fingerprint density at radius 3 is 2.88 bits per heavy atom. The van der Waals surface area contributed by atoms with Crippen LogP contribution in [-0.4, -0.2) is 19.7 Å². The zero-order chi connectivity index (χ0) is 6.41. The molecule has 0 rings (SSSR count). The second-order valence-corrected chi connectivity index (χ2v) is 1.09. The third kappa shape index (κ3) is 3.36. The van der Waals surface area contributed by atoms with Crippen molar-refractivity contribution in [2.24, 2.45) is 0 Å². The minimum atomic E-state index is -0.428. The van der Waals surface area contributed by atoms with Gasteiger partial charge in [-0.1, -0.05) is 6.58 Å². The molecule has 0 N–H and O–H groups in total. The van der Waals surface area contributed by atoms with Gasteiger partial charge < -0.3 is 9.47 Å². The number of carbonyl (C=O) groups excluding carboxylic acids is 1. The second-order valence-electron chi connectivity index (χ2n) is 1.09. The first-order valence-electron chi connectivity index (χ1n) is 2.10. The summed E-state index contributed by atoms with van der Waals surface area (Å²) in [5, 5.41) is 0. The molecule has 0 radical (unpaired) electrons. The van der Waals surface area contributed by atoms with Crippen molar-refractivity contribution in [3.63, 3.8) is 0 Å². The molecule has 46 valence electrons. The number of carbonyl (C=O) groups is 1. The van der Waals surface area contributed by atoms with Crippen LogP contribution in [0.4, 0.5) is 0 Å². The van der Waals surface area contributed by atoms with E-state index in [1.807, 2.05) is 0 Å². The van der Waals surface area contributed by atoms with Crippen LogP contribution in [0.2, 0.25) is 0 Å². The topological polar surface area (TPSA) is 35.5 Å². The molecular formula is C5H8O3. The molecule has 0 aromatic rings. The van der Waals surface area contributed by atoms with Crippen molar-refractivity contribution in [2.45, 2.75) is 0 Å². The zero-order valence-electron chi connectivity index (χ0n) is 4.72. The van der Waals surface area contributed by atoms with Gasteiger partial charge in [0, 0.05) is 7.11 Å². The number of hydrogen-bond donors (Lipinski definition) is 0. The summed E-state index contributed by atoms with van der Waals surface area (Å²) in [6.07, 6.45) is 1.07. The first kappa shape index (κ1) is 7.17. The predicted octanol–water partition coefficient (Wildman–Crippen LogP) is 0.319. The minimum Gasteiger partial charge on any atom is -0.433 e. The highest BCUT2D eigenvalue weighted by molar-refractivity contribution is 5.71. The van der Waals surface area contributed by atoms with E-state index in [1.54, 1.807) is 0 Å². The predicted molar refractivity (Wildman–Crippen MR) is 28.2 cm³/mol. The highest BCUT2D eigenvalue weighted by Gasteiger charge is 1.95. The Bertz CT molecular complexity index is 87.7. The Morgan fingerprint density at radius 2 is 2.50 bits per heavy atom. The highest BCUT2D eigenvalue weighted by Crippen LogP contribution is 1.76. The smallest absolute Gasteiger partial charge is 0.336 e. The molecule has 0 saturated carbocycles. The van der Waals surface area contributed by atoms with E-state index < -0.39 is 5.97 Å². The van der Waals surface area contributed by atoms with Crippen molar-refractivity contribution in [1.82, 2.24) is 0 Å². The molecule has 0 aromatic heterocycles. The molecule has 0 fully saturated rings. The van der Waals surface area contributed by atoms with Gasteiger partial charge >= 0.3 is 5.97 Å². The number of rotatable bonds is 3.